The second kappa shape index (κ2) is 3.31. The zero-order valence-corrected chi connectivity index (χ0v) is 7.53. The Hall–Kier alpha value is -1.55. The van der Waals surface area contributed by atoms with Gasteiger partial charge in [0.05, 0.1) is 0 Å². The van der Waals surface area contributed by atoms with Crippen LogP contribution in [0.15, 0.2) is 18.2 Å². The van der Waals surface area contributed by atoms with Crippen molar-refractivity contribution in [3.8, 4) is 5.75 Å². The Kier molecular flexibility index (Phi) is 2.13. The van der Waals surface area contributed by atoms with Crippen LogP contribution in [0.3, 0.4) is 0 Å². The molecule has 0 fully saturated rings. The molecule has 4 heteroatoms. The summed E-state index contributed by atoms with van der Waals surface area (Å²) in [6.07, 6.45) is 0.757. The number of benzene rings is 1. The highest BCUT2D eigenvalue weighted by molar-refractivity contribution is 5.76. The molecule has 0 bridgehead atoms. The second-order valence-corrected chi connectivity index (χ2v) is 3.36. The molecule has 1 aliphatic heterocycles. The molecule has 0 aliphatic carbocycles. The quantitative estimate of drug-likeness (QED) is 0.613. The predicted molar refractivity (Wildman–Crippen MR) is 50.2 cm³/mol. The van der Waals surface area contributed by atoms with Crippen LogP contribution in [-0.4, -0.2) is 22.7 Å². The van der Waals surface area contributed by atoms with E-state index in [1.54, 1.807) is 12.1 Å². The van der Waals surface area contributed by atoms with Crippen molar-refractivity contribution in [3.63, 3.8) is 0 Å². The number of phenols is 1. The molecule has 14 heavy (non-hydrogen) atoms. The number of aromatic hydroxyl groups is 1. The molecule has 74 valence electrons. The Balaban J connectivity index is 2.44. The highest BCUT2D eigenvalue weighted by Gasteiger charge is 2.25. The fourth-order valence-corrected chi connectivity index (χ4v) is 1.77. The maximum Gasteiger partial charge on any atom is 0.325 e. The van der Waals surface area contributed by atoms with Crippen molar-refractivity contribution in [2.75, 3.05) is 6.54 Å². The number of fused-ring (bicyclic) bond motifs is 1. The fraction of sp³-hybridized carbons (Fsp3) is 0.300. The molecule has 0 amide bonds. The van der Waals surface area contributed by atoms with E-state index in [9.17, 15) is 9.90 Å². The number of carboxylic acid groups (broad SMARTS) is 1. The first-order valence-corrected chi connectivity index (χ1v) is 4.46. The Morgan fingerprint density at radius 1 is 1.50 bits per heavy atom. The molecule has 0 unspecified atom stereocenters. The van der Waals surface area contributed by atoms with Crippen LogP contribution in [0.2, 0.25) is 0 Å². The molecule has 3 N–H and O–H groups in total. The van der Waals surface area contributed by atoms with Crippen LogP contribution in [0.5, 0.6) is 5.75 Å². The van der Waals surface area contributed by atoms with Gasteiger partial charge in [-0.05, 0) is 29.7 Å². The lowest BCUT2D eigenvalue weighted by Crippen LogP contribution is -2.34. The number of aliphatic carboxylic acids is 1. The molecule has 0 spiro atoms. The van der Waals surface area contributed by atoms with Gasteiger partial charge in [0, 0.05) is 6.54 Å². The van der Waals surface area contributed by atoms with E-state index in [2.05, 4.69) is 5.32 Å². The Labute approximate surface area is 81.2 Å². The third-order valence-corrected chi connectivity index (χ3v) is 2.43. The van der Waals surface area contributed by atoms with Crippen molar-refractivity contribution in [2.45, 2.75) is 12.5 Å². The van der Waals surface area contributed by atoms with Crippen LogP contribution >= 0.6 is 0 Å². The molecule has 0 saturated heterocycles. The van der Waals surface area contributed by atoms with Gasteiger partial charge in [-0.3, -0.25) is 4.79 Å². The summed E-state index contributed by atoms with van der Waals surface area (Å²) < 4.78 is 0. The normalized spacial score (nSPS) is 20.1. The average Bonchev–Trinajstić information content (AvgIpc) is 2.16. The Bertz CT molecular complexity index is 376. The highest BCUT2D eigenvalue weighted by Crippen LogP contribution is 2.26. The van der Waals surface area contributed by atoms with Gasteiger partial charge >= 0.3 is 5.97 Å². The first kappa shape index (κ1) is 9.02. The maximum absolute atomic E-state index is 10.9. The summed E-state index contributed by atoms with van der Waals surface area (Å²) in [4.78, 5) is 10.9. The molecular weight excluding hydrogens is 182 g/mol. The smallest absolute Gasteiger partial charge is 0.325 e. The van der Waals surface area contributed by atoms with E-state index in [1.165, 1.54) is 6.07 Å². The number of rotatable bonds is 1. The summed E-state index contributed by atoms with van der Waals surface area (Å²) in [7, 11) is 0. The number of nitrogens with one attached hydrogen (secondary N) is 1. The number of hydrogen-bond donors (Lipinski definition) is 3. The van der Waals surface area contributed by atoms with Crippen LogP contribution in [0.4, 0.5) is 0 Å². The van der Waals surface area contributed by atoms with Crippen LogP contribution in [-0.2, 0) is 11.2 Å². The van der Waals surface area contributed by atoms with Gasteiger partial charge in [0.25, 0.3) is 0 Å². The van der Waals surface area contributed by atoms with E-state index in [-0.39, 0.29) is 5.75 Å². The van der Waals surface area contributed by atoms with Gasteiger partial charge < -0.3 is 15.5 Å². The van der Waals surface area contributed by atoms with Crippen LogP contribution in [0.25, 0.3) is 0 Å². The summed E-state index contributed by atoms with van der Waals surface area (Å²) in [5, 5.41) is 21.1. The number of phenolic OH excluding ortho intramolecular Hbond substituents is 1. The first-order valence-electron chi connectivity index (χ1n) is 4.46. The summed E-state index contributed by atoms with van der Waals surface area (Å²) in [6, 6.07) is 4.17. The monoisotopic (exact) mass is 193 g/mol. The van der Waals surface area contributed by atoms with Gasteiger partial charge in [0.15, 0.2) is 0 Å². The largest absolute Gasteiger partial charge is 0.508 e. The molecule has 1 heterocycles. The lowest BCUT2D eigenvalue weighted by molar-refractivity contribution is -0.139. The SMILES string of the molecule is O=C(O)[C@@H]1NCCc2cc(O)ccc21. The molecule has 1 aliphatic rings. The lowest BCUT2D eigenvalue weighted by atomic mass is 9.94. The highest BCUT2D eigenvalue weighted by atomic mass is 16.4. The van der Waals surface area contributed by atoms with E-state index < -0.39 is 12.0 Å². The van der Waals surface area contributed by atoms with Gasteiger partial charge in [0.2, 0.25) is 0 Å². The molecule has 1 aromatic rings. The number of carbonyl (C=O) groups is 1. The van der Waals surface area contributed by atoms with Crippen molar-refractivity contribution in [3.05, 3.63) is 29.3 Å². The summed E-state index contributed by atoms with van der Waals surface area (Å²) in [5.41, 5.74) is 1.66. The standard InChI is InChI=1S/C10H11NO3/c12-7-1-2-8-6(5-7)3-4-11-9(8)10(13)14/h1-2,5,9,11-12H,3-4H2,(H,13,14)/t9-/m1/s1. The third-order valence-electron chi connectivity index (χ3n) is 2.43. The molecule has 2 rings (SSSR count). The molecular formula is C10H11NO3. The Morgan fingerprint density at radius 2 is 2.29 bits per heavy atom. The fourth-order valence-electron chi connectivity index (χ4n) is 1.77. The first-order chi connectivity index (χ1) is 6.68. The minimum atomic E-state index is -0.878. The summed E-state index contributed by atoms with van der Waals surface area (Å²) in [6.45, 7) is 0.632. The molecule has 4 nitrogen and oxygen atoms in total. The van der Waals surface area contributed by atoms with E-state index in [4.69, 9.17) is 5.11 Å². The van der Waals surface area contributed by atoms with Gasteiger partial charge in [0.1, 0.15) is 11.8 Å². The lowest BCUT2D eigenvalue weighted by Gasteiger charge is -2.23. The molecule has 0 aromatic heterocycles. The van der Waals surface area contributed by atoms with Gasteiger partial charge in [-0.1, -0.05) is 6.07 Å². The number of carboxylic acids is 1. The Morgan fingerprint density at radius 3 is 3.00 bits per heavy atom. The van der Waals surface area contributed by atoms with E-state index in [0.29, 0.717) is 6.54 Å². The third kappa shape index (κ3) is 1.44. The van der Waals surface area contributed by atoms with Crippen molar-refractivity contribution >= 4 is 5.97 Å². The average molecular weight is 193 g/mol. The summed E-state index contributed by atoms with van der Waals surface area (Å²) in [5.74, 6) is -0.688. The van der Waals surface area contributed by atoms with Crippen molar-refractivity contribution in [2.24, 2.45) is 0 Å². The molecule has 1 aromatic carbocycles. The van der Waals surface area contributed by atoms with Gasteiger partial charge in [-0.25, -0.2) is 0 Å². The van der Waals surface area contributed by atoms with Crippen LogP contribution in [0.1, 0.15) is 17.2 Å². The van der Waals surface area contributed by atoms with Crippen LogP contribution < -0.4 is 5.32 Å². The molecule has 1 atom stereocenters. The minimum Gasteiger partial charge on any atom is -0.508 e. The summed E-state index contributed by atoms with van der Waals surface area (Å²) >= 11 is 0. The number of hydrogen-bond acceptors (Lipinski definition) is 3. The zero-order chi connectivity index (χ0) is 10.1. The minimum absolute atomic E-state index is 0.190. The van der Waals surface area contributed by atoms with Crippen molar-refractivity contribution < 1.29 is 15.0 Å². The molecule has 0 saturated carbocycles. The van der Waals surface area contributed by atoms with Gasteiger partial charge in [-0.2, -0.15) is 0 Å². The predicted octanol–water partition coefficient (Wildman–Crippen LogP) is 0.664. The van der Waals surface area contributed by atoms with Crippen LogP contribution in [0, 0.1) is 0 Å². The van der Waals surface area contributed by atoms with Crippen molar-refractivity contribution in [1.29, 1.82) is 0 Å². The second-order valence-electron chi connectivity index (χ2n) is 3.36. The topological polar surface area (TPSA) is 69.6 Å². The maximum atomic E-state index is 10.9. The van der Waals surface area contributed by atoms with E-state index in [1.807, 2.05) is 0 Å². The van der Waals surface area contributed by atoms with Crippen molar-refractivity contribution in [1.82, 2.24) is 5.32 Å². The van der Waals surface area contributed by atoms with E-state index >= 15 is 0 Å². The van der Waals surface area contributed by atoms with Gasteiger partial charge in [-0.15, -0.1) is 0 Å². The zero-order valence-electron chi connectivity index (χ0n) is 7.53. The molecule has 0 radical (unpaired) electrons. The van der Waals surface area contributed by atoms with E-state index in [0.717, 1.165) is 17.5 Å².